The van der Waals surface area contributed by atoms with Crippen LogP contribution in [0.5, 0.6) is 11.5 Å². The van der Waals surface area contributed by atoms with Crippen LogP contribution in [-0.4, -0.2) is 31.1 Å². The van der Waals surface area contributed by atoms with Crippen LogP contribution in [0.3, 0.4) is 0 Å². The second-order valence-corrected chi connectivity index (χ2v) is 5.69. The molecule has 1 atom stereocenters. The molecule has 26 heavy (non-hydrogen) atoms. The number of rotatable bonds is 6. The van der Waals surface area contributed by atoms with Crippen LogP contribution in [0.2, 0.25) is 0 Å². The Balaban J connectivity index is 1.52. The fraction of sp³-hybridized carbons (Fsp3) is 0.211. The molecular formula is C19H17NO6. The average Bonchev–Trinajstić information content (AvgIpc) is 3.13. The molecule has 3 rings (SSSR count). The van der Waals surface area contributed by atoms with Crippen LogP contribution in [-0.2, 0) is 16.1 Å². The van der Waals surface area contributed by atoms with Gasteiger partial charge in [0.25, 0.3) is 5.91 Å². The first kappa shape index (κ1) is 17.5. The third-order valence-corrected chi connectivity index (χ3v) is 3.84. The van der Waals surface area contributed by atoms with Crippen molar-refractivity contribution >= 4 is 18.2 Å². The summed E-state index contributed by atoms with van der Waals surface area (Å²) in [5.41, 5.74) is 1.56. The Morgan fingerprint density at radius 3 is 2.62 bits per heavy atom. The molecule has 1 aliphatic heterocycles. The van der Waals surface area contributed by atoms with Gasteiger partial charge in [0.15, 0.2) is 17.6 Å². The maximum atomic E-state index is 12.1. The van der Waals surface area contributed by atoms with Gasteiger partial charge in [-0.2, -0.15) is 0 Å². The SMILES string of the molecule is C[C@@H](OC(=O)c1ccc(C=O)cc1)C(=O)NCc1ccc2c(c1)OCO2. The summed E-state index contributed by atoms with van der Waals surface area (Å²) in [6, 6.07) is 11.3. The number of benzene rings is 2. The van der Waals surface area contributed by atoms with Crippen molar-refractivity contribution in [2.75, 3.05) is 6.79 Å². The monoisotopic (exact) mass is 355 g/mol. The fourth-order valence-corrected chi connectivity index (χ4v) is 2.36. The first-order valence-electron chi connectivity index (χ1n) is 7.99. The molecule has 2 aromatic carbocycles. The maximum Gasteiger partial charge on any atom is 0.338 e. The predicted octanol–water partition coefficient (Wildman–Crippen LogP) is 2.09. The van der Waals surface area contributed by atoms with Crippen molar-refractivity contribution in [2.45, 2.75) is 19.6 Å². The van der Waals surface area contributed by atoms with E-state index in [2.05, 4.69) is 5.32 Å². The average molecular weight is 355 g/mol. The largest absolute Gasteiger partial charge is 0.454 e. The zero-order valence-corrected chi connectivity index (χ0v) is 14.1. The minimum Gasteiger partial charge on any atom is -0.454 e. The number of esters is 1. The van der Waals surface area contributed by atoms with Crippen LogP contribution < -0.4 is 14.8 Å². The highest BCUT2D eigenvalue weighted by Gasteiger charge is 2.19. The summed E-state index contributed by atoms with van der Waals surface area (Å²) in [4.78, 5) is 34.8. The van der Waals surface area contributed by atoms with E-state index in [1.807, 2.05) is 6.07 Å². The van der Waals surface area contributed by atoms with Crippen molar-refractivity contribution in [1.29, 1.82) is 0 Å². The van der Waals surface area contributed by atoms with E-state index in [1.165, 1.54) is 31.2 Å². The summed E-state index contributed by atoms with van der Waals surface area (Å²) in [7, 11) is 0. The predicted molar refractivity (Wildman–Crippen MR) is 91.1 cm³/mol. The van der Waals surface area contributed by atoms with Crippen LogP contribution in [0, 0.1) is 0 Å². The fourth-order valence-electron chi connectivity index (χ4n) is 2.36. The van der Waals surface area contributed by atoms with E-state index in [0.29, 0.717) is 23.3 Å². The Labute approximate surface area is 149 Å². The van der Waals surface area contributed by atoms with E-state index >= 15 is 0 Å². The maximum absolute atomic E-state index is 12.1. The molecule has 1 aliphatic rings. The van der Waals surface area contributed by atoms with E-state index in [0.717, 1.165) is 5.56 Å². The topological polar surface area (TPSA) is 90.9 Å². The molecule has 0 aromatic heterocycles. The molecule has 7 heteroatoms. The van der Waals surface area contributed by atoms with Gasteiger partial charge in [0.05, 0.1) is 5.56 Å². The second-order valence-electron chi connectivity index (χ2n) is 5.69. The number of carbonyl (C=O) groups is 3. The van der Waals surface area contributed by atoms with Gasteiger partial charge in [-0.05, 0) is 36.8 Å². The van der Waals surface area contributed by atoms with Crippen LogP contribution in [0.15, 0.2) is 42.5 Å². The Morgan fingerprint density at radius 2 is 1.88 bits per heavy atom. The molecule has 0 aliphatic carbocycles. The third-order valence-electron chi connectivity index (χ3n) is 3.84. The Hall–Kier alpha value is -3.35. The standard InChI is InChI=1S/C19H17NO6/c1-12(26-19(23)15-5-2-13(10-21)3-6-15)18(22)20-9-14-4-7-16-17(8-14)25-11-24-16/h2-8,10,12H,9,11H2,1H3,(H,20,22)/t12-/m1/s1. The molecule has 0 unspecified atom stereocenters. The van der Waals surface area contributed by atoms with Crippen LogP contribution >= 0.6 is 0 Å². The normalized spacial score (nSPS) is 13.0. The zero-order valence-electron chi connectivity index (χ0n) is 14.1. The minimum atomic E-state index is -0.956. The molecule has 0 fully saturated rings. The summed E-state index contributed by atoms with van der Waals surface area (Å²) in [6.45, 7) is 1.95. The van der Waals surface area contributed by atoms with Crippen LogP contribution in [0.25, 0.3) is 0 Å². The lowest BCUT2D eigenvalue weighted by molar-refractivity contribution is -0.129. The van der Waals surface area contributed by atoms with Gasteiger partial charge in [0, 0.05) is 12.1 Å². The molecule has 0 spiro atoms. The number of fused-ring (bicyclic) bond motifs is 1. The Morgan fingerprint density at radius 1 is 1.15 bits per heavy atom. The van der Waals surface area contributed by atoms with Crippen LogP contribution in [0.4, 0.5) is 0 Å². The Bertz CT molecular complexity index is 830. The van der Waals surface area contributed by atoms with Crippen LogP contribution in [0.1, 0.15) is 33.2 Å². The van der Waals surface area contributed by atoms with E-state index in [4.69, 9.17) is 14.2 Å². The number of ether oxygens (including phenoxy) is 3. The van der Waals surface area contributed by atoms with Crippen molar-refractivity contribution in [3.8, 4) is 11.5 Å². The quantitative estimate of drug-likeness (QED) is 0.630. The molecular weight excluding hydrogens is 338 g/mol. The second kappa shape index (κ2) is 7.69. The summed E-state index contributed by atoms with van der Waals surface area (Å²) in [6.07, 6.45) is -0.274. The van der Waals surface area contributed by atoms with Gasteiger partial charge in [-0.3, -0.25) is 9.59 Å². The molecule has 1 heterocycles. The summed E-state index contributed by atoms with van der Waals surface area (Å²) < 4.78 is 15.7. The summed E-state index contributed by atoms with van der Waals surface area (Å²) in [5, 5.41) is 2.71. The molecule has 0 saturated carbocycles. The molecule has 134 valence electrons. The molecule has 7 nitrogen and oxygen atoms in total. The Kier molecular flexibility index (Phi) is 5.17. The summed E-state index contributed by atoms with van der Waals surface area (Å²) in [5.74, 6) is 0.256. The number of carbonyl (C=O) groups excluding carboxylic acids is 3. The molecule has 2 aromatic rings. The van der Waals surface area contributed by atoms with E-state index in [-0.39, 0.29) is 18.9 Å². The first-order chi connectivity index (χ1) is 12.6. The van der Waals surface area contributed by atoms with Crippen molar-refractivity contribution in [1.82, 2.24) is 5.32 Å². The molecule has 0 bridgehead atoms. The van der Waals surface area contributed by atoms with Crippen molar-refractivity contribution in [2.24, 2.45) is 0 Å². The van der Waals surface area contributed by atoms with Gasteiger partial charge < -0.3 is 19.5 Å². The third kappa shape index (κ3) is 4.00. The number of hydrogen-bond acceptors (Lipinski definition) is 6. The number of nitrogens with one attached hydrogen (secondary N) is 1. The number of aldehydes is 1. The minimum absolute atomic E-state index is 0.186. The number of amides is 1. The van der Waals surface area contributed by atoms with E-state index < -0.39 is 18.0 Å². The number of hydrogen-bond donors (Lipinski definition) is 1. The summed E-state index contributed by atoms with van der Waals surface area (Å²) >= 11 is 0. The van der Waals surface area contributed by atoms with Gasteiger partial charge in [-0.1, -0.05) is 18.2 Å². The van der Waals surface area contributed by atoms with Gasteiger partial charge in [-0.25, -0.2) is 4.79 Å². The molecule has 1 amide bonds. The molecule has 0 radical (unpaired) electrons. The lowest BCUT2D eigenvalue weighted by atomic mass is 10.1. The smallest absolute Gasteiger partial charge is 0.338 e. The van der Waals surface area contributed by atoms with Crippen molar-refractivity contribution in [3.63, 3.8) is 0 Å². The van der Waals surface area contributed by atoms with Gasteiger partial charge >= 0.3 is 5.97 Å². The lowest BCUT2D eigenvalue weighted by Crippen LogP contribution is -2.35. The van der Waals surface area contributed by atoms with Crippen molar-refractivity contribution < 1.29 is 28.6 Å². The molecule has 1 N–H and O–H groups in total. The van der Waals surface area contributed by atoms with Gasteiger partial charge in [0.2, 0.25) is 6.79 Å². The van der Waals surface area contributed by atoms with Crippen molar-refractivity contribution in [3.05, 3.63) is 59.2 Å². The lowest BCUT2D eigenvalue weighted by Gasteiger charge is -2.14. The zero-order chi connectivity index (χ0) is 18.5. The highest BCUT2D eigenvalue weighted by molar-refractivity contribution is 5.92. The van der Waals surface area contributed by atoms with Gasteiger partial charge in [-0.15, -0.1) is 0 Å². The first-order valence-corrected chi connectivity index (χ1v) is 7.99. The van der Waals surface area contributed by atoms with E-state index in [1.54, 1.807) is 12.1 Å². The highest BCUT2D eigenvalue weighted by atomic mass is 16.7. The highest BCUT2D eigenvalue weighted by Crippen LogP contribution is 2.32. The van der Waals surface area contributed by atoms with E-state index in [9.17, 15) is 14.4 Å². The van der Waals surface area contributed by atoms with Gasteiger partial charge in [0.1, 0.15) is 6.29 Å². The molecule has 0 saturated heterocycles.